The summed E-state index contributed by atoms with van der Waals surface area (Å²) in [5.74, 6) is -9.30. The Morgan fingerprint density at radius 1 is 0.984 bits per heavy atom. The van der Waals surface area contributed by atoms with Crippen LogP contribution < -0.4 is 5.32 Å². The van der Waals surface area contributed by atoms with E-state index in [0.29, 0.717) is 0 Å². The van der Waals surface area contributed by atoms with E-state index >= 15 is 4.79 Å². The zero-order valence-electron chi connectivity index (χ0n) is 37.2. The monoisotopic (exact) mass is 891 g/mol. The van der Waals surface area contributed by atoms with Gasteiger partial charge >= 0.3 is 30.2 Å². The lowest BCUT2D eigenvalue weighted by Crippen LogP contribution is -2.82. The second-order valence-electron chi connectivity index (χ2n) is 18.8. The molecule has 1 amide bonds. The van der Waals surface area contributed by atoms with Gasteiger partial charge in [0.2, 0.25) is 17.7 Å². The summed E-state index contributed by atoms with van der Waals surface area (Å²) in [6.45, 7) is 14.8. The Hall–Kier alpha value is -5.65. The molecular weight excluding hydrogens is 835 g/mol. The quantitative estimate of drug-likeness (QED) is 0.119. The van der Waals surface area contributed by atoms with Crippen LogP contribution in [0.4, 0.5) is 9.59 Å². The fourth-order valence-electron chi connectivity index (χ4n) is 10.2. The summed E-state index contributed by atoms with van der Waals surface area (Å²) in [7, 11) is 0. The molecule has 0 radical (unpaired) electrons. The first kappa shape index (κ1) is 47.8. The fraction of sp³-hybridized carbons (Fsp3) is 0.553. The molecule has 346 valence electrons. The molecule has 4 unspecified atom stereocenters. The number of ether oxygens (including phenoxy) is 7. The number of benzene rings is 2. The number of aliphatic hydroxyl groups is 2. The number of esters is 3. The molecule has 2 bridgehead atoms. The normalized spacial score (nSPS) is 32.5. The third kappa shape index (κ3) is 8.52. The molecule has 3 aliphatic carbocycles. The van der Waals surface area contributed by atoms with Crippen molar-refractivity contribution in [3.63, 3.8) is 0 Å². The lowest BCUT2D eigenvalue weighted by atomic mass is 9.42. The molecule has 0 aromatic heterocycles. The maximum Gasteiger partial charge on any atom is 0.509 e. The van der Waals surface area contributed by atoms with Crippen LogP contribution in [0.5, 0.6) is 0 Å². The van der Waals surface area contributed by atoms with Gasteiger partial charge in [0.05, 0.1) is 29.6 Å². The van der Waals surface area contributed by atoms with Crippen LogP contribution in [0.25, 0.3) is 0 Å². The van der Waals surface area contributed by atoms with Crippen molar-refractivity contribution in [1.82, 2.24) is 5.32 Å². The highest BCUT2D eigenvalue weighted by Crippen LogP contribution is 2.64. The number of carbonyl (C=O) groups excluding carboxylic acids is 7. The lowest BCUT2D eigenvalue weighted by molar-refractivity contribution is -0.350. The van der Waals surface area contributed by atoms with E-state index < -0.39 is 130 Å². The Kier molecular flexibility index (Phi) is 13.2. The minimum Gasteiger partial charge on any atom is -0.459 e. The Morgan fingerprint density at radius 3 is 2.17 bits per heavy atom. The molecule has 3 saturated carbocycles. The zero-order valence-corrected chi connectivity index (χ0v) is 37.2. The van der Waals surface area contributed by atoms with Crippen molar-refractivity contribution in [1.29, 1.82) is 0 Å². The molecule has 2 aromatic carbocycles. The molecule has 1 aliphatic heterocycles. The smallest absolute Gasteiger partial charge is 0.459 e. The summed E-state index contributed by atoms with van der Waals surface area (Å²) in [6.07, 6.45) is -9.91. The van der Waals surface area contributed by atoms with Gasteiger partial charge in [-0.2, -0.15) is 0 Å². The number of aliphatic hydroxyl groups excluding tert-OH is 1. The van der Waals surface area contributed by atoms with Crippen LogP contribution in [-0.2, 0) is 52.3 Å². The molecule has 17 heteroatoms. The van der Waals surface area contributed by atoms with Gasteiger partial charge in [0.25, 0.3) is 0 Å². The summed E-state index contributed by atoms with van der Waals surface area (Å²) in [6, 6.07) is 14.3. The summed E-state index contributed by atoms with van der Waals surface area (Å²) in [5.41, 5.74) is -8.71. The number of hydrogen-bond acceptors (Lipinski definition) is 16. The van der Waals surface area contributed by atoms with Crippen LogP contribution in [0.15, 0.2) is 73.3 Å². The van der Waals surface area contributed by atoms with E-state index in [1.165, 1.54) is 45.9 Å². The first-order valence-corrected chi connectivity index (χ1v) is 21.2. The van der Waals surface area contributed by atoms with Gasteiger partial charge in [-0.25, -0.2) is 19.2 Å². The van der Waals surface area contributed by atoms with Crippen LogP contribution in [0, 0.1) is 28.6 Å². The standard InChI is InChI=1S/C47H57NO16/c1-10-21-58-42(56)61-35(33(27-17-13-11-14-18-27)48-41(55)64-43(4,5)6)40(54)60-29-23-47(57)38(62-39(53)28-19-15-12-16-20-28)36-45(9,37(52)34(51)32(25(29)2)44(47,7)8)30(50)22-31-46(36,24-59-31)63-26(3)49/h10-20,25,29-33,35-36,38,50,57H,1,21-24H2,2-9H3,(H,48,55)/t25?,29?,30?,31-,32?,33+,35-,36+,38+,45-,46+,47-/m1/s1. The number of amides is 1. The average Bonchev–Trinajstić information content (AvgIpc) is 3.22. The lowest BCUT2D eigenvalue weighted by Gasteiger charge is -2.67. The molecule has 4 aliphatic rings. The predicted octanol–water partition coefficient (Wildman–Crippen LogP) is 4.75. The van der Waals surface area contributed by atoms with Crippen molar-refractivity contribution >= 4 is 41.7 Å². The number of fused-ring (bicyclic) bond motifs is 5. The first-order chi connectivity index (χ1) is 29.9. The fourth-order valence-corrected chi connectivity index (χ4v) is 10.2. The van der Waals surface area contributed by atoms with E-state index in [2.05, 4.69) is 11.9 Å². The molecule has 64 heavy (non-hydrogen) atoms. The Balaban J connectivity index is 1.50. The highest BCUT2D eigenvalue weighted by molar-refractivity contribution is 6.40. The molecule has 6 rings (SSSR count). The SMILES string of the molecule is C=CCOC(=O)O[C@@H](C(=O)OC1C[C@@]2(O)[C@@H](OC(=O)c3ccccc3)[C@@H]3[C@]4(OC(C)=O)CO[C@@H]4CC(O)[C@@]3(C)C(=O)C(=O)C(C1C)C2(C)C)[C@@H](NC(=O)OC(C)(C)C)c1ccccc1. The predicted molar refractivity (Wildman–Crippen MR) is 223 cm³/mol. The topological polar surface area (TPSA) is 237 Å². The number of carbonyl (C=O) groups is 7. The van der Waals surface area contributed by atoms with Gasteiger partial charge in [-0.1, -0.05) is 82.0 Å². The highest BCUT2D eigenvalue weighted by atomic mass is 16.7. The second kappa shape index (κ2) is 17.7. The van der Waals surface area contributed by atoms with Crippen molar-refractivity contribution in [3.05, 3.63) is 84.4 Å². The molecule has 2 aromatic rings. The molecule has 12 atom stereocenters. The van der Waals surface area contributed by atoms with Gasteiger partial charge in [-0.3, -0.25) is 14.4 Å². The van der Waals surface area contributed by atoms with E-state index in [0.717, 1.165) is 6.92 Å². The second-order valence-corrected chi connectivity index (χ2v) is 18.8. The van der Waals surface area contributed by atoms with E-state index in [1.54, 1.807) is 69.3 Å². The number of rotatable bonds is 11. The molecule has 0 spiro atoms. The zero-order chi connectivity index (χ0) is 47.2. The first-order valence-electron chi connectivity index (χ1n) is 21.2. The van der Waals surface area contributed by atoms with Crippen LogP contribution >= 0.6 is 0 Å². The van der Waals surface area contributed by atoms with Crippen molar-refractivity contribution in [2.75, 3.05) is 13.2 Å². The molecular formula is C47H57NO16. The Labute approximate surface area is 371 Å². The minimum absolute atomic E-state index is 0.0471. The van der Waals surface area contributed by atoms with E-state index in [1.807, 2.05) is 0 Å². The number of Topliss-reactive ketones (excluding diaryl/α,β-unsaturated/α-hetero) is 2. The summed E-state index contributed by atoms with van der Waals surface area (Å²) in [4.78, 5) is 98.5. The van der Waals surface area contributed by atoms with Gasteiger partial charge in [0, 0.05) is 37.0 Å². The summed E-state index contributed by atoms with van der Waals surface area (Å²) < 4.78 is 40.5. The average molecular weight is 892 g/mol. The van der Waals surface area contributed by atoms with Gasteiger partial charge in [-0.05, 0) is 45.4 Å². The number of nitrogens with one attached hydrogen (secondary N) is 1. The van der Waals surface area contributed by atoms with Gasteiger partial charge in [0.1, 0.15) is 42.2 Å². The van der Waals surface area contributed by atoms with Crippen LogP contribution in [0.2, 0.25) is 0 Å². The van der Waals surface area contributed by atoms with Crippen molar-refractivity contribution in [2.45, 2.75) is 122 Å². The maximum atomic E-state index is 15.0. The summed E-state index contributed by atoms with van der Waals surface area (Å²) in [5, 5.41) is 28.1. The molecule has 4 fully saturated rings. The van der Waals surface area contributed by atoms with Crippen molar-refractivity contribution in [2.24, 2.45) is 28.6 Å². The van der Waals surface area contributed by atoms with Crippen LogP contribution in [-0.4, -0.2) is 112 Å². The van der Waals surface area contributed by atoms with Gasteiger partial charge in [-0.15, -0.1) is 0 Å². The molecule has 1 saturated heterocycles. The number of alkyl carbamates (subject to hydrolysis) is 1. The van der Waals surface area contributed by atoms with Crippen molar-refractivity contribution < 1.29 is 76.9 Å². The molecule has 3 N–H and O–H groups in total. The maximum absolute atomic E-state index is 15.0. The minimum atomic E-state index is -2.43. The Bertz CT molecular complexity index is 2150. The van der Waals surface area contributed by atoms with Crippen LogP contribution in [0.3, 0.4) is 0 Å². The van der Waals surface area contributed by atoms with E-state index in [-0.39, 0.29) is 30.8 Å². The molecule has 1 heterocycles. The third-order valence-corrected chi connectivity index (χ3v) is 13.4. The number of hydrogen-bond donors (Lipinski definition) is 3. The molecule has 17 nitrogen and oxygen atoms in total. The van der Waals surface area contributed by atoms with Crippen molar-refractivity contribution in [3.8, 4) is 0 Å². The van der Waals surface area contributed by atoms with E-state index in [4.69, 9.17) is 33.2 Å². The van der Waals surface area contributed by atoms with E-state index in [9.17, 15) is 39.0 Å². The summed E-state index contributed by atoms with van der Waals surface area (Å²) >= 11 is 0. The third-order valence-electron chi connectivity index (χ3n) is 13.4. The van der Waals surface area contributed by atoms with Gasteiger partial charge < -0.3 is 48.7 Å². The Morgan fingerprint density at radius 2 is 1.61 bits per heavy atom. The largest absolute Gasteiger partial charge is 0.509 e. The van der Waals surface area contributed by atoms with Crippen LogP contribution in [0.1, 0.15) is 90.2 Å². The highest BCUT2D eigenvalue weighted by Gasteiger charge is 2.79. The van der Waals surface area contributed by atoms with Gasteiger partial charge in [0.15, 0.2) is 5.60 Å². The number of ketones is 2.